The molecule has 8 heteroatoms. The van der Waals surface area contributed by atoms with Crippen LogP contribution in [-0.4, -0.2) is 41.9 Å². The maximum Gasteiger partial charge on any atom is 0.274 e. The zero-order valence-corrected chi connectivity index (χ0v) is 12.5. The number of nitrogens with one attached hydrogen (secondary N) is 1. The fraction of sp³-hybridized carbons (Fsp3) is 0.231. The summed E-state index contributed by atoms with van der Waals surface area (Å²) in [7, 11) is 0. The van der Waals surface area contributed by atoms with Crippen molar-refractivity contribution in [2.24, 2.45) is 0 Å². The lowest BCUT2D eigenvalue weighted by Crippen LogP contribution is -2.36. The fourth-order valence-electron chi connectivity index (χ4n) is 2.51. The van der Waals surface area contributed by atoms with Gasteiger partial charge in [-0.25, -0.2) is 14.5 Å². The third kappa shape index (κ3) is 2.11. The summed E-state index contributed by atoms with van der Waals surface area (Å²) in [6.07, 6.45) is 5.90. The van der Waals surface area contributed by atoms with Gasteiger partial charge in [-0.05, 0) is 15.9 Å². The smallest absolute Gasteiger partial charge is 0.274 e. The summed E-state index contributed by atoms with van der Waals surface area (Å²) in [5.74, 6) is -0.0862. The van der Waals surface area contributed by atoms with Gasteiger partial charge in [0, 0.05) is 31.4 Å². The first-order chi connectivity index (χ1) is 10.2. The lowest BCUT2D eigenvalue weighted by molar-refractivity contribution is 0.0725. The third-order valence-electron chi connectivity index (χ3n) is 3.56. The van der Waals surface area contributed by atoms with Crippen molar-refractivity contribution in [2.75, 3.05) is 6.54 Å². The molecular formula is C13H11BrN6O. The van der Waals surface area contributed by atoms with Crippen LogP contribution in [0.1, 0.15) is 21.9 Å². The Morgan fingerprint density at radius 2 is 2.29 bits per heavy atom. The minimum atomic E-state index is -0.0862. The highest BCUT2D eigenvalue weighted by Crippen LogP contribution is 2.18. The summed E-state index contributed by atoms with van der Waals surface area (Å²) >= 11 is 3.34. The first-order valence-electron chi connectivity index (χ1n) is 6.52. The van der Waals surface area contributed by atoms with Gasteiger partial charge in [-0.2, -0.15) is 5.10 Å². The number of aromatic amines is 1. The second-order valence-corrected chi connectivity index (χ2v) is 5.82. The van der Waals surface area contributed by atoms with E-state index in [4.69, 9.17) is 0 Å². The number of H-pyrrole nitrogens is 1. The van der Waals surface area contributed by atoms with Crippen LogP contribution in [0.3, 0.4) is 0 Å². The van der Waals surface area contributed by atoms with Gasteiger partial charge in [0.15, 0.2) is 11.3 Å². The zero-order valence-electron chi connectivity index (χ0n) is 11.0. The molecule has 0 aromatic carbocycles. The van der Waals surface area contributed by atoms with Crippen molar-refractivity contribution < 1.29 is 4.79 Å². The van der Waals surface area contributed by atoms with Gasteiger partial charge in [0.1, 0.15) is 0 Å². The molecule has 3 aromatic rings. The highest BCUT2D eigenvalue weighted by Gasteiger charge is 2.25. The van der Waals surface area contributed by atoms with E-state index >= 15 is 0 Å². The van der Waals surface area contributed by atoms with Gasteiger partial charge in [0.05, 0.1) is 28.7 Å². The largest absolute Gasteiger partial charge is 0.347 e. The molecule has 1 N–H and O–H groups in total. The monoisotopic (exact) mass is 346 g/mol. The van der Waals surface area contributed by atoms with Crippen LogP contribution in [0.4, 0.5) is 0 Å². The molecule has 0 saturated heterocycles. The van der Waals surface area contributed by atoms with Crippen LogP contribution in [0, 0.1) is 0 Å². The number of rotatable bonds is 1. The van der Waals surface area contributed by atoms with Crippen molar-refractivity contribution in [1.29, 1.82) is 0 Å². The lowest BCUT2D eigenvalue weighted by atomic mass is 10.1. The molecule has 3 aromatic heterocycles. The number of imidazole rings is 1. The maximum absolute atomic E-state index is 12.6. The van der Waals surface area contributed by atoms with Crippen molar-refractivity contribution >= 4 is 27.5 Å². The predicted molar refractivity (Wildman–Crippen MR) is 77.7 cm³/mol. The number of amides is 1. The number of carbonyl (C=O) groups excluding carboxylic acids is 1. The first kappa shape index (κ1) is 12.5. The van der Waals surface area contributed by atoms with Crippen molar-refractivity contribution in [3.05, 3.63) is 46.3 Å². The average molecular weight is 347 g/mol. The Kier molecular flexibility index (Phi) is 2.78. The van der Waals surface area contributed by atoms with Gasteiger partial charge in [-0.3, -0.25) is 4.79 Å². The van der Waals surface area contributed by atoms with Crippen molar-refractivity contribution in [3.8, 4) is 0 Å². The molecule has 7 nitrogen and oxygen atoms in total. The molecule has 106 valence electrons. The second kappa shape index (κ2) is 4.66. The van der Waals surface area contributed by atoms with Gasteiger partial charge in [0.2, 0.25) is 0 Å². The Hall–Kier alpha value is -2.22. The van der Waals surface area contributed by atoms with E-state index in [-0.39, 0.29) is 5.91 Å². The summed E-state index contributed by atoms with van der Waals surface area (Å²) < 4.78 is 2.42. The normalized spacial score (nSPS) is 14.4. The number of aromatic nitrogens is 5. The topological polar surface area (TPSA) is 79.2 Å². The highest BCUT2D eigenvalue weighted by molar-refractivity contribution is 9.10. The zero-order chi connectivity index (χ0) is 14.4. The summed E-state index contributed by atoms with van der Waals surface area (Å²) in [4.78, 5) is 25.9. The van der Waals surface area contributed by atoms with Crippen molar-refractivity contribution in [1.82, 2.24) is 29.5 Å². The van der Waals surface area contributed by atoms with E-state index in [1.807, 2.05) is 0 Å². The molecule has 0 bridgehead atoms. The summed E-state index contributed by atoms with van der Waals surface area (Å²) in [6.45, 7) is 1.20. The van der Waals surface area contributed by atoms with Crippen LogP contribution in [0.25, 0.3) is 5.65 Å². The Morgan fingerprint density at radius 1 is 1.38 bits per heavy atom. The average Bonchev–Trinajstić information content (AvgIpc) is 3.11. The van der Waals surface area contributed by atoms with E-state index in [1.54, 1.807) is 34.2 Å². The number of halogens is 1. The Bertz CT molecular complexity index is 838. The van der Waals surface area contributed by atoms with Gasteiger partial charge in [-0.15, -0.1) is 0 Å². The van der Waals surface area contributed by atoms with Gasteiger partial charge in [-0.1, -0.05) is 0 Å². The van der Waals surface area contributed by atoms with Crippen LogP contribution < -0.4 is 0 Å². The Morgan fingerprint density at radius 3 is 3.19 bits per heavy atom. The van der Waals surface area contributed by atoms with Crippen LogP contribution in [-0.2, 0) is 13.0 Å². The van der Waals surface area contributed by atoms with Crippen LogP contribution in [0.15, 0.2) is 29.3 Å². The molecule has 0 spiro atoms. The van der Waals surface area contributed by atoms with Gasteiger partial charge in [0.25, 0.3) is 5.91 Å². The number of nitrogens with zero attached hydrogens (tertiary/aromatic N) is 5. The van der Waals surface area contributed by atoms with E-state index in [0.29, 0.717) is 24.4 Å². The standard InChI is InChI=1S/C13H11BrN6O/c14-8-4-15-12-3-10(18-20(12)5-8)13(21)19-2-1-9-11(6-19)17-7-16-9/h3-5,7H,1-2,6H2,(H,16,17). The van der Waals surface area contributed by atoms with E-state index in [9.17, 15) is 4.79 Å². The summed E-state index contributed by atoms with van der Waals surface area (Å²) in [5.41, 5.74) is 3.10. The van der Waals surface area contributed by atoms with Gasteiger partial charge < -0.3 is 9.88 Å². The molecule has 21 heavy (non-hydrogen) atoms. The lowest BCUT2D eigenvalue weighted by Gasteiger charge is -2.25. The quantitative estimate of drug-likeness (QED) is 0.722. The van der Waals surface area contributed by atoms with Crippen LogP contribution >= 0.6 is 15.9 Å². The summed E-state index contributed by atoms with van der Waals surface area (Å²) in [5, 5.41) is 4.30. The Labute approximate surface area is 128 Å². The third-order valence-corrected chi connectivity index (χ3v) is 3.97. The number of hydrogen-bond donors (Lipinski definition) is 1. The van der Waals surface area contributed by atoms with Crippen LogP contribution in [0.5, 0.6) is 0 Å². The molecule has 0 radical (unpaired) electrons. The van der Waals surface area contributed by atoms with Crippen molar-refractivity contribution in [3.63, 3.8) is 0 Å². The van der Waals surface area contributed by atoms with E-state index in [0.717, 1.165) is 22.3 Å². The number of fused-ring (bicyclic) bond motifs is 2. The number of carbonyl (C=O) groups is 1. The number of hydrogen-bond acceptors (Lipinski definition) is 4. The molecule has 1 amide bonds. The predicted octanol–water partition coefficient (Wildman–Crippen LogP) is 1.41. The Balaban J connectivity index is 1.64. The molecule has 0 aliphatic carbocycles. The SMILES string of the molecule is O=C(c1cc2ncc(Br)cn2n1)N1CCc2nc[nH]c2C1. The highest BCUT2D eigenvalue weighted by atomic mass is 79.9. The van der Waals surface area contributed by atoms with E-state index in [1.165, 1.54) is 0 Å². The molecule has 1 aliphatic rings. The first-order valence-corrected chi connectivity index (χ1v) is 7.31. The molecule has 4 rings (SSSR count). The van der Waals surface area contributed by atoms with Crippen molar-refractivity contribution in [2.45, 2.75) is 13.0 Å². The molecular weight excluding hydrogens is 336 g/mol. The van der Waals surface area contributed by atoms with E-state index in [2.05, 4.69) is 36.0 Å². The molecule has 0 fully saturated rings. The fourth-order valence-corrected chi connectivity index (χ4v) is 2.80. The molecule has 1 aliphatic heterocycles. The minimum absolute atomic E-state index is 0.0862. The molecule has 0 saturated carbocycles. The molecule has 0 atom stereocenters. The van der Waals surface area contributed by atoms with E-state index < -0.39 is 0 Å². The molecule has 4 heterocycles. The second-order valence-electron chi connectivity index (χ2n) is 4.91. The van der Waals surface area contributed by atoms with Crippen LogP contribution in [0.2, 0.25) is 0 Å². The minimum Gasteiger partial charge on any atom is -0.347 e. The maximum atomic E-state index is 12.6. The van der Waals surface area contributed by atoms with Gasteiger partial charge >= 0.3 is 0 Å². The summed E-state index contributed by atoms with van der Waals surface area (Å²) in [6, 6.07) is 1.71. The molecule has 0 unspecified atom stereocenters.